The second kappa shape index (κ2) is 11.8. The summed E-state index contributed by atoms with van der Waals surface area (Å²) in [6.45, 7) is 5.78. The Balaban J connectivity index is 1.30. The number of halogens is 4. The van der Waals surface area contributed by atoms with Gasteiger partial charge < -0.3 is 15.5 Å². The van der Waals surface area contributed by atoms with E-state index < -0.39 is 22.7 Å². The van der Waals surface area contributed by atoms with Gasteiger partial charge in [0, 0.05) is 31.6 Å². The predicted molar refractivity (Wildman–Crippen MR) is 138 cm³/mol. The Morgan fingerprint density at radius 3 is 2.57 bits per heavy atom. The van der Waals surface area contributed by atoms with Gasteiger partial charge in [0.15, 0.2) is 10.9 Å². The normalized spacial score (nSPS) is 15.1. The van der Waals surface area contributed by atoms with Crippen molar-refractivity contribution in [3.8, 4) is 0 Å². The number of nitrogens with one attached hydrogen (secondary N) is 2. The van der Waals surface area contributed by atoms with Crippen molar-refractivity contribution in [3.63, 3.8) is 0 Å². The number of pyridine rings is 1. The van der Waals surface area contributed by atoms with Crippen LogP contribution < -0.4 is 10.6 Å². The molecule has 2 N–H and O–H groups in total. The van der Waals surface area contributed by atoms with Crippen LogP contribution >= 0.6 is 34.3 Å². The van der Waals surface area contributed by atoms with E-state index in [1.807, 2.05) is 6.92 Å². The van der Waals surface area contributed by atoms with E-state index in [9.17, 15) is 22.8 Å². The van der Waals surface area contributed by atoms with Crippen molar-refractivity contribution in [2.45, 2.75) is 38.3 Å². The summed E-state index contributed by atoms with van der Waals surface area (Å²) in [5.41, 5.74) is -1.09. The summed E-state index contributed by atoms with van der Waals surface area (Å²) >= 11 is 7.94. The number of alkyl halides is 3. The first kappa shape index (κ1) is 27.4. The van der Waals surface area contributed by atoms with Gasteiger partial charge in [-0.2, -0.15) is 13.2 Å². The molecular weight excluding hydrogens is 549 g/mol. The summed E-state index contributed by atoms with van der Waals surface area (Å²) in [5.74, 6) is -1.28. The quantitative estimate of drug-likeness (QED) is 0.296. The van der Waals surface area contributed by atoms with Crippen molar-refractivity contribution < 1.29 is 22.8 Å². The number of carbonyl (C=O) groups is 2. The molecule has 3 aromatic heterocycles. The van der Waals surface area contributed by atoms with Crippen LogP contribution in [0, 0.1) is 0 Å². The largest absolute Gasteiger partial charge is 0.418 e. The Morgan fingerprint density at radius 2 is 1.84 bits per heavy atom. The zero-order valence-electron chi connectivity index (χ0n) is 19.8. The second-order valence-electron chi connectivity index (χ2n) is 8.60. The number of hydrogen-bond donors (Lipinski definition) is 2. The first-order valence-corrected chi connectivity index (χ1v) is 13.6. The van der Waals surface area contributed by atoms with Gasteiger partial charge in [0.05, 0.1) is 32.9 Å². The number of thiazole rings is 2. The first-order chi connectivity index (χ1) is 17.6. The fourth-order valence-corrected chi connectivity index (χ4v) is 5.67. The van der Waals surface area contributed by atoms with Gasteiger partial charge >= 0.3 is 6.18 Å². The molecule has 198 valence electrons. The van der Waals surface area contributed by atoms with E-state index in [1.54, 1.807) is 6.20 Å². The molecule has 37 heavy (non-hydrogen) atoms. The molecular formula is C23H24ClF3N6O2S2. The smallest absolute Gasteiger partial charge is 0.360 e. The van der Waals surface area contributed by atoms with Gasteiger partial charge in [0.25, 0.3) is 5.91 Å². The van der Waals surface area contributed by atoms with E-state index in [2.05, 4.69) is 30.5 Å². The molecule has 0 aromatic carbocycles. The minimum atomic E-state index is -4.68. The van der Waals surface area contributed by atoms with Crippen LogP contribution in [-0.2, 0) is 6.18 Å². The average Bonchev–Trinajstić information content (AvgIpc) is 3.61. The number of nitrogens with zero attached hydrogens (tertiary/aromatic N) is 4. The van der Waals surface area contributed by atoms with Crippen molar-refractivity contribution in [3.05, 3.63) is 50.0 Å². The summed E-state index contributed by atoms with van der Waals surface area (Å²) in [5, 5.41) is 6.30. The Labute approximate surface area is 224 Å². The highest BCUT2D eigenvalue weighted by Crippen LogP contribution is 2.35. The third-order valence-electron chi connectivity index (χ3n) is 5.75. The molecule has 1 aliphatic heterocycles. The molecule has 1 aliphatic rings. The summed E-state index contributed by atoms with van der Waals surface area (Å²) < 4.78 is 39.2. The van der Waals surface area contributed by atoms with Gasteiger partial charge in [-0.1, -0.05) is 29.9 Å². The zero-order chi connectivity index (χ0) is 26.6. The number of hydrogen-bond acceptors (Lipinski definition) is 9. The lowest BCUT2D eigenvalue weighted by atomic mass is 10.1. The molecule has 3 aromatic rings. The maximum absolute atomic E-state index is 13.1. The molecule has 0 aliphatic carbocycles. The first-order valence-electron chi connectivity index (χ1n) is 11.5. The highest BCUT2D eigenvalue weighted by molar-refractivity contribution is 7.17. The van der Waals surface area contributed by atoms with Crippen LogP contribution in [0.1, 0.15) is 62.0 Å². The highest BCUT2D eigenvalue weighted by atomic mass is 35.5. The Bertz CT molecular complexity index is 1260. The second-order valence-corrected chi connectivity index (χ2v) is 11.1. The van der Waals surface area contributed by atoms with Crippen LogP contribution in [-0.4, -0.2) is 57.7 Å². The molecule has 1 amide bonds. The molecule has 0 saturated carbocycles. The maximum Gasteiger partial charge on any atom is 0.418 e. The van der Waals surface area contributed by atoms with Gasteiger partial charge in [0.2, 0.25) is 0 Å². The molecule has 1 fully saturated rings. The fourth-order valence-electron chi connectivity index (χ4n) is 3.80. The van der Waals surface area contributed by atoms with E-state index in [0.717, 1.165) is 43.7 Å². The van der Waals surface area contributed by atoms with Crippen LogP contribution in [0.3, 0.4) is 0 Å². The summed E-state index contributed by atoms with van der Waals surface area (Å²) in [6, 6.07) is 0.675. The van der Waals surface area contributed by atoms with Gasteiger partial charge in [-0.15, -0.1) is 11.3 Å². The molecule has 4 rings (SSSR count). The molecule has 1 atom stereocenters. The van der Waals surface area contributed by atoms with Gasteiger partial charge in [0.1, 0.15) is 10.7 Å². The highest BCUT2D eigenvalue weighted by Gasteiger charge is 2.34. The standard InChI is InChI=1S/C23H24ClF3N6O2S2/c1-13(8-16(34)17-11-31-22(37-17)28-4-7-33-5-2-3-6-33)21-30-12-18(36-21)20(35)32-19-9-14(23(25,26)27)15(24)10-29-19/h9-13H,2-8H2,1H3,(H,28,31)(H,29,32,35)/t13-/m0/s1. The number of anilines is 2. The minimum Gasteiger partial charge on any atom is -0.360 e. The molecule has 1 saturated heterocycles. The maximum atomic E-state index is 13.1. The Hall–Kier alpha value is -2.61. The Morgan fingerprint density at radius 1 is 1.11 bits per heavy atom. The number of likely N-dealkylation sites (tertiary alicyclic amines) is 1. The molecule has 4 heterocycles. The van der Waals surface area contributed by atoms with Crippen molar-refractivity contribution in [2.75, 3.05) is 36.8 Å². The lowest BCUT2D eigenvalue weighted by Gasteiger charge is -2.14. The summed E-state index contributed by atoms with van der Waals surface area (Å²) in [7, 11) is 0. The third kappa shape index (κ3) is 7.24. The van der Waals surface area contributed by atoms with E-state index in [-0.39, 0.29) is 28.8 Å². The summed E-state index contributed by atoms with van der Waals surface area (Å²) in [6.07, 6.45) is 1.70. The fraction of sp³-hybridized carbons (Fsp3) is 0.435. The molecule has 8 nitrogen and oxygen atoms in total. The monoisotopic (exact) mass is 572 g/mol. The van der Waals surface area contributed by atoms with Gasteiger partial charge in [-0.05, 0) is 32.0 Å². The molecule has 0 spiro atoms. The van der Waals surface area contributed by atoms with Crippen LogP contribution in [0.5, 0.6) is 0 Å². The van der Waals surface area contributed by atoms with Crippen molar-refractivity contribution in [2.24, 2.45) is 0 Å². The van der Waals surface area contributed by atoms with E-state index in [4.69, 9.17) is 11.6 Å². The van der Waals surface area contributed by atoms with Crippen LogP contribution in [0.15, 0.2) is 24.7 Å². The zero-order valence-corrected chi connectivity index (χ0v) is 22.2. The van der Waals surface area contributed by atoms with Crippen molar-refractivity contribution in [1.29, 1.82) is 0 Å². The molecule has 0 bridgehead atoms. The topological polar surface area (TPSA) is 100 Å². The number of aromatic nitrogens is 3. The van der Waals surface area contributed by atoms with Crippen LogP contribution in [0.2, 0.25) is 5.02 Å². The van der Waals surface area contributed by atoms with Crippen LogP contribution in [0.25, 0.3) is 0 Å². The van der Waals surface area contributed by atoms with E-state index in [0.29, 0.717) is 21.1 Å². The van der Waals surface area contributed by atoms with Gasteiger partial charge in [-0.25, -0.2) is 15.0 Å². The lowest BCUT2D eigenvalue weighted by Crippen LogP contribution is -2.25. The average molecular weight is 573 g/mol. The number of amides is 1. The number of ketones is 1. The number of Topliss-reactive ketones (excluding diaryl/α,β-unsaturated/α-hetero) is 1. The van der Waals surface area contributed by atoms with Crippen LogP contribution in [0.4, 0.5) is 24.1 Å². The minimum absolute atomic E-state index is 0.0798. The lowest BCUT2D eigenvalue weighted by molar-refractivity contribution is -0.137. The van der Waals surface area contributed by atoms with E-state index >= 15 is 0 Å². The van der Waals surface area contributed by atoms with Crippen molar-refractivity contribution in [1.82, 2.24) is 19.9 Å². The SMILES string of the molecule is C[C@@H](CC(=O)c1cnc(NCCN2CCCC2)s1)c1ncc(C(=O)Nc2cc(C(F)(F)F)c(Cl)cn2)s1. The third-order valence-corrected chi connectivity index (χ3v) is 8.27. The molecule has 0 unspecified atom stereocenters. The predicted octanol–water partition coefficient (Wildman–Crippen LogP) is 5.80. The van der Waals surface area contributed by atoms with E-state index in [1.165, 1.54) is 30.4 Å². The van der Waals surface area contributed by atoms with Crippen molar-refractivity contribution >= 4 is 56.9 Å². The molecule has 0 radical (unpaired) electrons. The number of carbonyl (C=O) groups excluding carboxylic acids is 2. The summed E-state index contributed by atoms with van der Waals surface area (Å²) in [4.78, 5) is 40.7. The Kier molecular flexibility index (Phi) is 8.78. The van der Waals surface area contributed by atoms with Gasteiger partial charge in [-0.3, -0.25) is 9.59 Å². The molecule has 14 heteroatoms. The number of rotatable bonds is 10.